The first-order valence-corrected chi connectivity index (χ1v) is 5.99. The van der Waals surface area contributed by atoms with E-state index in [-0.39, 0.29) is 5.91 Å². The predicted molar refractivity (Wildman–Crippen MR) is 72.2 cm³/mol. The lowest BCUT2D eigenvalue weighted by molar-refractivity contribution is -0.130. The quantitative estimate of drug-likeness (QED) is 0.833. The molecule has 0 aliphatic rings. The summed E-state index contributed by atoms with van der Waals surface area (Å²) in [4.78, 5) is 18.1. The topological polar surface area (TPSA) is 64.2 Å². The van der Waals surface area contributed by atoms with Gasteiger partial charge in [0.15, 0.2) is 0 Å². The molecular weight excluding hydrogens is 228 g/mol. The van der Waals surface area contributed by atoms with Crippen molar-refractivity contribution in [1.29, 1.82) is 0 Å². The largest absolute Gasteiger partial charge is 0.399 e. The summed E-state index contributed by atoms with van der Waals surface area (Å²) in [7, 11) is 1.80. The van der Waals surface area contributed by atoms with E-state index < -0.39 is 0 Å². The molecule has 2 rings (SSSR count). The van der Waals surface area contributed by atoms with Gasteiger partial charge in [0.25, 0.3) is 0 Å². The van der Waals surface area contributed by atoms with Crippen LogP contribution in [0.15, 0.2) is 18.2 Å². The zero-order chi connectivity index (χ0) is 13.3. The highest BCUT2D eigenvalue weighted by Gasteiger charge is 2.13. The van der Waals surface area contributed by atoms with Crippen LogP contribution in [0, 0.1) is 6.92 Å². The van der Waals surface area contributed by atoms with Crippen LogP contribution in [-0.4, -0.2) is 34.0 Å². The Balaban J connectivity index is 2.39. The molecule has 0 unspecified atom stereocenters. The normalized spacial score (nSPS) is 10.8. The van der Waals surface area contributed by atoms with Crippen molar-refractivity contribution < 1.29 is 4.79 Å². The van der Waals surface area contributed by atoms with Crippen molar-refractivity contribution in [3.63, 3.8) is 0 Å². The minimum atomic E-state index is 0.0803. The number of hydrogen-bond donors (Lipinski definition) is 1. The molecule has 0 aliphatic heterocycles. The standard InChI is InChI=1S/C13H18N4O/c1-4-16(3)13(18)8-17-9(2)15-11-7-10(14)5-6-12(11)17/h5-7H,4,8,14H2,1-3H3. The summed E-state index contributed by atoms with van der Waals surface area (Å²) in [6.45, 7) is 4.88. The van der Waals surface area contributed by atoms with Crippen LogP contribution in [0.2, 0.25) is 0 Å². The van der Waals surface area contributed by atoms with E-state index in [4.69, 9.17) is 5.73 Å². The number of anilines is 1. The van der Waals surface area contributed by atoms with Gasteiger partial charge >= 0.3 is 0 Å². The summed E-state index contributed by atoms with van der Waals surface area (Å²) in [6, 6.07) is 5.56. The number of hydrogen-bond acceptors (Lipinski definition) is 3. The molecular formula is C13H18N4O. The zero-order valence-electron chi connectivity index (χ0n) is 11.0. The SMILES string of the molecule is CCN(C)C(=O)Cn1c(C)nc2cc(N)ccc21. The number of carbonyl (C=O) groups is 1. The van der Waals surface area contributed by atoms with Gasteiger partial charge in [0, 0.05) is 19.3 Å². The Kier molecular flexibility index (Phi) is 3.23. The van der Waals surface area contributed by atoms with E-state index in [1.807, 2.05) is 36.6 Å². The lowest BCUT2D eigenvalue weighted by atomic mass is 10.3. The Bertz CT molecular complexity index is 588. The highest BCUT2D eigenvalue weighted by atomic mass is 16.2. The van der Waals surface area contributed by atoms with Gasteiger partial charge in [-0.05, 0) is 32.0 Å². The molecule has 1 heterocycles. The average molecular weight is 246 g/mol. The van der Waals surface area contributed by atoms with E-state index in [9.17, 15) is 4.79 Å². The number of nitrogens with zero attached hydrogens (tertiary/aromatic N) is 3. The van der Waals surface area contributed by atoms with Crippen molar-refractivity contribution >= 4 is 22.6 Å². The highest BCUT2D eigenvalue weighted by Crippen LogP contribution is 2.18. The maximum Gasteiger partial charge on any atom is 0.242 e. The molecule has 5 heteroatoms. The summed E-state index contributed by atoms with van der Waals surface area (Å²) in [5.41, 5.74) is 8.19. The minimum absolute atomic E-state index is 0.0803. The van der Waals surface area contributed by atoms with Gasteiger partial charge in [-0.25, -0.2) is 4.98 Å². The number of nitrogen functional groups attached to an aromatic ring is 1. The second-order valence-corrected chi connectivity index (χ2v) is 4.40. The number of aryl methyl sites for hydroxylation is 1. The maximum absolute atomic E-state index is 12.0. The molecule has 0 bridgehead atoms. The molecule has 0 radical (unpaired) electrons. The van der Waals surface area contributed by atoms with Gasteiger partial charge < -0.3 is 15.2 Å². The van der Waals surface area contributed by atoms with Crippen LogP contribution in [0.5, 0.6) is 0 Å². The summed E-state index contributed by atoms with van der Waals surface area (Å²) in [5, 5.41) is 0. The van der Waals surface area contributed by atoms with Gasteiger partial charge in [0.2, 0.25) is 5.91 Å². The summed E-state index contributed by atoms with van der Waals surface area (Å²) in [6.07, 6.45) is 0. The zero-order valence-corrected chi connectivity index (χ0v) is 11.0. The molecule has 5 nitrogen and oxygen atoms in total. The van der Waals surface area contributed by atoms with Crippen molar-refractivity contribution in [2.45, 2.75) is 20.4 Å². The van der Waals surface area contributed by atoms with Gasteiger partial charge in [0.1, 0.15) is 12.4 Å². The van der Waals surface area contributed by atoms with Crippen molar-refractivity contribution in [2.75, 3.05) is 19.3 Å². The Hall–Kier alpha value is -2.04. The highest BCUT2D eigenvalue weighted by molar-refractivity contribution is 5.83. The van der Waals surface area contributed by atoms with Gasteiger partial charge in [-0.1, -0.05) is 0 Å². The van der Waals surface area contributed by atoms with E-state index in [0.717, 1.165) is 16.9 Å². The Morgan fingerprint density at radius 3 is 2.89 bits per heavy atom. The molecule has 0 spiro atoms. The third-order valence-electron chi connectivity index (χ3n) is 3.16. The molecule has 2 N–H and O–H groups in total. The lowest BCUT2D eigenvalue weighted by Crippen LogP contribution is -2.30. The molecule has 1 amide bonds. The summed E-state index contributed by atoms with van der Waals surface area (Å²) >= 11 is 0. The number of likely N-dealkylation sites (N-methyl/N-ethyl adjacent to an activating group) is 1. The second-order valence-electron chi connectivity index (χ2n) is 4.40. The van der Waals surface area contributed by atoms with Crippen LogP contribution in [0.3, 0.4) is 0 Å². The number of carbonyl (C=O) groups excluding carboxylic acids is 1. The van der Waals surface area contributed by atoms with Crippen molar-refractivity contribution in [1.82, 2.24) is 14.5 Å². The monoisotopic (exact) mass is 246 g/mol. The number of rotatable bonds is 3. The first-order chi connectivity index (χ1) is 8.52. The smallest absolute Gasteiger partial charge is 0.242 e. The van der Waals surface area contributed by atoms with Crippen molar-refractivity contribution in [2.24, 2.45) is 0 Å². The van der Waals surface area contributed by atoms with Gasteiger partial charge in [-0.15, -0.1) is 0 Å². The molecule has 1 aromatic heterocycles. The molecule has 2 aromatic rings. The fraction of sp³-hybridized carbons (Fsp3) is 0.385. The Morgan fingerprint density at radius 1 is 1.50 bits per heavy atom. The van der Waals surface area contributed by atoms with E-state index in [0.29, 0.717) is 18.8 Å². The second kappa shape index (κ2) is 4.68. The van der Waals surface area contributed by atoms with E-state index >= 15 is 0 Å². The maximum atomic E-state index is 12.0. The summed E-state index contributed by atoms with van der Waals surface area (Å²) in [5.74, 6) is 0.908. The molecule has 0 atom stereocenters. The minimum Gasteiger partial charge on any atom is -0.399 e. The number of aromatic nitrogens is 2. The van der Waals surface area contributed by atoms with Crippen LogP contribution >= 0.6 is 0 Å². The van der Waals surface area contributed by atoms with Crippen LogP contribution in [-0.2, 0) is 11.3 Å². The molecule has 0 fully saturated rings. The Morgan fingerprint density at radius 2 is 2.22 bits per heavy atom. The third kappa shape index (κ3) is 2.16. The van der Waals surface area contributed by atoms with Crippen molar-refractivity contribution in [3.05, 3.63) is 24.0 Å². The van der Waals surface area contributed by atoms with E-state index in [2.05, 4.69) is 4.98 Å². The van der Waals surface area contributed by atoms with E-state index in [1.165, 1.54) is 0 Å². The first kappa shape index (κ1) is 12.4. The molecule has 0 saturated carbocycles. The molecule has 96 valence electrons. The number of fused-ring (bicyclic) bond motifs is 1. The number of benzene rings is 1. The number of imidazole rings is 1. The Labute approximate surface area is 106 Å². The van der Waals surface area contributed by atoms with Gasteiger partial charge in [-0.2, -0.15) is 0 Å². The van der Waals surface area contributed by atoms with Crippen LogP contribution in [0.4, 0.5) is 5.69 Å². The average Bonchev–Trinajstić information content (AvgIpc) is 2.64. The predicted octanol–water partition coefficient (Wildman–Crippen LogP) is 1.41. The fourth-order valence-electron chi connectivity index (χ4n) is 1.90. The molecule has 1 aromatic carbocycles. The molecule has 0 saturated heterocycles. The lowest BCUT2D eigenvalue weighted by Gasteiger charge is -2.15. The van der Waals surface area contributed by atoms with Gasteiger partial charge in [-0.3, -0.25) is 4.79 Å². The van der Waals surface area contributed by atoms with Crippen LogP contribution < -0.4 is 5.73 Å². The number of amides is 1. The third-order valence-corrected chi connectivity index (χ3v) is 3.16. The first-order valence-electron chi connectivity index (χ1n) is 5.99. The van der Waals surface area contributed by atoms with Crippen molar-refractivity contribution in [3.8, 4) is 0 Å². The fourth-order valence-corrected chi connectivity index (χ4v) is 1.90. The van der Waals surface area contributed by atoms with E-state index in [1.54, 1.807) is 11.9 Å². The summed E-state index contributed by atoms with van der Waals surface area (Å²) < 4.78 is 1.92. The molecule has 18 heavy (non-hydrogen) atoms. The van der Waals surface area contributed by atoms with Gasteiger partial charge in [0.05, 0.1) is 11.0 Å². The number of nitrogens with two attached hydrogens (primary N) is 1. The van der Waals surface area contributed by atoms with Crippen LogP contribution in [0.25, 0.3) is 11.0 Å². The van der Waals surface area contributed by atoms with Crippen LogP contribution in [0.1, 0.15) is 12.7 Å². The molecule has 0 aliphatic carbocycles.